The molecule has 5 atom stereocenters. The maximum absolute atomic E-state index is 12.8. The highest BCUT2D eigenvalue weighted by atomic mass is 16.7. The predicted molar refractivity (Wildman–Crippen MR) is 131 cm³/mol. The second kappa shape index (κ2) is 10.8. The standard InChI is InChI=1S/C26H26O12/c1-3-11(2)25(34)37-17-5-4-12(6-14(17)28)18-9-16(30)21-15(29)7-13(8-19(21)36-18)35-26-24(33)23(32)22(31)20(10-27)38-26/h3-9,20,22-24,26-29,31-33H,10H2,1-2H3/t20-,22-,23+,24-,26-/m1/s1. The molecule has 1 fully saturated rings. The summed E-state index contributed by atoms with van der Waals surface area (Å²) in [6.07, 6.45) is -6.15. The van der Waals surface area contributed by atoms with Crippen LogP contribution in [0.15, 0.2) is 57.3 Å². The van der Waals surface area contributed by atoms with Crippen molar-refractivity contribution in [3.05, 3.63) is 58.3 Å². The molecule has 38 heavy (non-hydrogen) atoms. The van der Waals surface area contributed by atoms with Crippen molar-refractivity contribution < 1.29 is 54.1 Å². The van der Waals surface area contributed by atoms with Crippen molar-refractivity contribution >= 4 is 16.9 Å². The number of carbonyl (C=O) groups excluding carboxylic acids is 1. The van der Waals surface area contributed by atoms with Gasteiger partial charge in [-0.2, -0.15) is 0 Å². The molecule has 12 heteroatoms. The first-order chi connectivity index (χ1) is 18.0. The van der Waals surface area contributed by atoms with Crippen molar-refractivity contribution in [1.29, 1.82) is 0 Å². The number of hydrogen-bond acceptors (Lipinski definition) is 12. The van der Waals surface area contributed by atoms with Crippen LogP contribution >= 0.6 is 0 Å². The van der Waals surface area contributed by atoms with E-state index in [1.54, 1.807) is 19.9 Å². The van der Waals surface area contributed by atoms with Crippen LogP contribution in [0.2, 0.25) is 0 Å². The fourth-order valence-corrected chi connectivity index (χ4v) is 3.81. The number of aliphatic hydroxyl groups excluding tert-OH is 4. The lowest BCUT2D eigenvalue weighted by Crippen LogP contribution is -2.60. The van der Waals surface area contributed by atoms with Crippen LogP contribution < -0.4 is 14.9 Å². The number of esters is 1. The first-order valence-electron chi connectivity index (χ1n) is 11.5. The molecule has 0 unspecified atom stereocenters. The minimum absolute atomic E-state index is 0.00435. The Bertz CT molecular complexity index is 1440. The number of fused-ring (bicyclic) bond motifs is 1. The molecule has 2 heterocycles. The van der Waals surface area contributed by atoms with E-state index in [4.69, 9.17) is 18.6 Å². The topological polar surface area (TPSA) is 196 Å². The predicted octanol–water partition coefficient (Wildman–Crippen LogP) is 0.921. The number of ether oxygens (including phenoxy) is 3. The SMILES string of the molecule is CC=C(C)C(=O)Oc1ccc(-c2cc(=O)c3c(O)cc(O[C@@H]4O[C@H](CO)[C@@H](O)[C@H](O)[C@H]4O)cc3o2)cc1O. The maximum atomic E-state index is 12.8. The van der Waals surface area contributed by atoms with Crippen LogP contribution in [0.4, 0.5) is 0 Å². The number of aromatic hydroxyl groups is 2. The van der Waals surface area contributed by atoms with E-state index in [0.717, 1.165) is 12.1 Å². The second-order valence-corrected chi connectivity index (χ2v) is 8.65. The van der Waals surface area contributed by atoms with Crippen LogP contribution in [0.1, 0.15) is 13.8 Å². The van der Waals surface area contributed by atoms with Crippen molar-refractivity contribution in [1.82, 2.24) is 0 Å². The van der Waals surface area contributed by atoms with Gasteiger partial charge in [0, 0.05) is 29.3 Å². The van der Waals surface area contributed by atoms with Crippen molar-refractivity contribution in [2.75, 3.05) is 6.61 Å². The van der Waals surface area contributed by atoms with E-state index < -0.39 is 54.5 Å². The molecule has 1 aliphatic rings. The molecule has 1 saturated heterocycles. The number of aliphatic hydroxyl groups is 4. The van der Waals surface area contributed by atoms with E-state index in [9.17, 15) is 40.2 Å². The molecule has 202 valence electrons. The van der Waals surface area contributed by atoms with Gasteiger partial charge in [0.25, 0.3) is 0 Å². The van der Waals surface area contributed by atoms with Gasteiger partial charge in [0.05, 0.1) is 6.61 Å². The third kappa shape index (κ3) is 5.21. The van der Waals surface area contributed by atoms with Crippen LogP contribution in [0.3, 0.4) is 0 Å². The monoisotopic (exact) mass is 530 g/mol. The van der Waals surface area contributed by atoms with Gasteiger partial charge in [-0.05, 0) is 32.0 Å². The van der Waals surface area contributed by atoms with E-state index >= 15 is 0 Å². The normalized spacial score (nSPS) is 23.8. The summed E-state index contributed by atoms with van der Waals surface area (Å²) >= 11 is 0. The fraction of sp³-hybridized carbons (Fsp3) is 0.308. The highest BCUT2D eigenvalue weighted by molar-refractivity contribution is 5.90. The zero-order valence-electron chi connectivity index (χ0n) is 20.3. The van der Waals surface area contributed by atoms with Crippen molar-refractivity contribution in [2.24, 2.45) is 0 Å². The zero-order chi connectivity index (χ0) is 27.7. The molecule has 1 aromatic heterocycles. The number of phenols is 2. The average Bonchev–Trinajstić information content (AvgIpc) is 2.89. The van der Waals surface area contributed by atoms with Gasteiger partial charge in [-0.3, -0.25) is 4.79 Å². The molecular weight excluding hydrogens is 504 g/mol. The summed E-state index contributed by atoms with van der Waals surface area (Å²) in [7, 11) is 0. The molecule has 0 spiro atoms. The summed E-state index contributed by atoms with van der Waals surface area (Å²) < 4.78 is 21.7. The van der Waals surface area contributed by atoms with Crippen molar-refractivity contribution in [3.63, 3.8) is 0 Å². The summed E-state index contributed by atoms with van der Waals surface area (Å²) in [5.74, 6) is -1.75. The molecule has 4 rings (SSSR count). The van der Waals surface area contributed by atoms with Crippen LogP contribution in [-0.4, -0.2) is 73.9 Å². The third-order valence-electron chi connectivity index (χ3n) is 6.09. The minimum Gasteiger partial charge on any atom is -0.507 e. The summed E-state index contributed by atoms with van der Waals surface area (Å²) in [6, 6.07) is 7.41. The van der Waals surface area contributed by atoms with E-state index in [-0.39, 0.29) is 39.5 Å². The van der Waals surface area contributed by atoms with E-state index in [2.05, 4.69) is 0 Å². The highest BCUT2D eigenvalue weighted by Gasteiger charge is 2.44. The lowest BCUT2D eigenvalue weighted by molar-refractivity contribution is -0.277. The summed E-state index contributed by atoms with van der Waals surface area (Å²) in [5.41, 5.74) is -0.137. The third-order valence-corrected chi connectivity index (χ3v) is 6.09. The van der Waals surface area contributed by atoms with Gasteiger partial charge < -0.3 is 49.3 Å². The average molecular weight is 530 g/mol. The molecule has 0 saturated carbocycles. The molecule has 0 aliphatic carbocycles. The fourth-order valence-electron chi connectivity index (χ4n) is 3.81. The van der Waals surface area contributed by atoms with Crippen molar-refractivity contribution in [2.45, 2.75) is 44.6 Å². The summed E-state index contributed by atoms with van der Waals surface area (Å²) in [6.45, 7) is 2.56. The van der Waals surface area contributed by atoms with Crippen molar-refractivity contribution in [3.8, 4) is 34.3 Å². The Morgan fingerprint density at radius 3 is 2.42 bits per heavy atom. The number of allylic oxidation sites excluding steroid dienone is 1. The van der Waals surface area contributed by atoms with Gasteiger partial charge in [0.15, 0.2) is 16.9 Å². The van der Waals surface area contributed by atoms with E-state index in [0.29, 0.717) is 5.57 Å². The number of hydrogen-bond donors (Lipinski definition) is 6. The maximum Gasteiger partial charge on any atom is 0.338 e. The Hall–Kier alpha value is -3.94. The van der Waals surface area contributed by atoms with Crippen LogP contribution in [0, 0.1) is 0 Å². The summed E-state index contributed by atoms with van der Waals surface area (Å²) in [5, 5.41) is 60.1. The molecule has 3 aromatic rings. The Morgan fingerprint density at radius 1 is 1.03 bits per heavy atom. The highest BCUT2D eigenvalue weighted by Crippen LogP contribution is 2.35. The molecule has 1 aliphatic heterocycles. The Kier molecular flexibility index (Phi) is 7.71. The molecule has 6 N–H and O–H groups in total. The molecule has 2 aromatic carbocycles. The van der Waals surface area contributed by atoms with E-state index in [1.807, 2.05) is 0 Å². The molecular formula is C26H26O12. The van der Waals surface area contributed by atoms with Crippen LogP contribution in [0.5, 0.6) is 23.0 Å². The Labute approximate surface area is 215 Å². The number of carbonyl (C=O) groups is 1. The van der Waals surface area contributed by atoms with Crippen LogP contribution in [-0.2, 0) is 9.53 Å². The van der Waals surface area contributed by atoms with Gasteiger partial charge in [-0.25, -0.2) is 4.79 Å². The summed E-state index contributed by atoms with van der Waals surface area (Å²) in [4.78, 5) is 24.7. The minimum atomic E-state index is -1.70. The smallest absolute Gasteiger partial charge is 0.338 e. The molecule has 0 radical (unpaired) electrons. The first-order valence-corrected chi connectivity index (χ1v) is 11.5. The lowest BCUT2D eigenvalue weighted by atomic mass is 9.99. The Morgan fingerprint density at radius 2 is 1.76 bits per heavy atom. The van der Waals surface area contributed by atoms with Gasteiger partial charge in [-0.1, -0.05) is 6.08 Å². The largest absolute Gasteiger partial charge is 0.507 e. The first kappa shape index (κ1) is 27.1. The van der Waals surface area contributed by atoms with Gasteiger partial charge in [0.2, 0.25) is 6.29 Å². The second-order valence-electron chi connectivity index (χ2n) is 8.65. The number of benzene rings is 2. The van der Waals surface area contributed by atoms with Gasteiger partial charge >= 0.3 is 5.97 Å². The van der Waals surface area contributed by atoms with Gasteiger partial charge in [-0.15, -0.1) is 0 Å². The molecule has 12 nitrogen and oxygen atoms in total. The quantitative estimate of drug-likeness (QED) is 0.150. The van der Waals surface area contributed by atoms with E-state index in [1.165, 1.54) is 24.3 Å². The lowest BCUT2D eigenvalue weighted by Gasteiger charge is -2.39. The van der Waals surface area contributed by atoms with Crippen LogP contribution in [0.25, 0.3) is 22.3 Å². The number of phenolic OH excluding ortho intramolecular Hbond substituents is 2. The number of rotatable bonds is 6. The Balaban J connectivity index is 1.66. The molecule has 0 bridgehead atoms. The van der Waals surface area contributed by atoms with Gasteiger partial charge in [0.1, 0.15) is 52.6 Å². The zero-order valence-corrected chi connectivity index (χ0v) is 20.3. The molecule has 0 amide bonds.